The molecule has 0 aliphatic heterocycles. The molecule has 17 heavy (non-hydrogen) atoms. The summed E-state index contributed by atoms with van der Waals surface area (Å²) in [4.78, 5) is 14.9. The van der Waals surface area contributed by atoms with Crippen molar-refractivity contribution in [2.75, 3.05) is 5.73 Å². The van der Waals surface area contributed by atoms with Crippen molar-refractivity contribution in [3.05, 3.63) is 47.1 Å². The zero-order chi connectivity index (χ0) is 12.4. The van der Waals surface area contributed by atoms with Crippen LogP contribution in [0.3, 0.4) is 0 Å². The summed E-state index contributed by atoms with van der Waals surface area (Å²) in [6.07, 6.45) is 0. The Kier molecular flexibility index (Phi) is 2.97. The molecule has 86 valence electrons. The van der Waals surface area contributed by atoms with E-state index in [1.54, 1.807) is 30.3 Å². The number of nitrogens with zero attached hydrogens (tertiary/aromatic N) is 1. The fourth-order valence-corrected chi connectivity index (χ4v) is 1.64. The molecule has 0 spiro atoms. The number of carboxylic acid groups (broad SMARTS) is 1. The van der Waals surface area contributed by atoms with Crippen LogP contribution < -0.4 is 5.73 Å². The van der Waals surface area contributed by atoms with Crippen LogP contribution in [0, 0.1) is 0 Å². The summed E-state index contributed by atoms with van der Waals surface area (Å²) >= 11 is 5.86. The van der Waals surface area contributed by atoms with E-state index in [-0.39, 0.29) is 11.4 Å². The number of aromatic carboxylic acids is 1. The predicted octanol–water partition coefficient (Wildman–Crippen LogP) is 2.68. The lowest BCUT2D eigenvalue weighted by molar-refractivity contribution is 0.0692. The van der Waals surface area contributed by atoms with Gasteiger partial charge in [-0.2, -0.15) is 0 Å². The summed E-state index contributed by atoms with van der Waals surface area (Å²) in [5.41, 5.74) is 6.80. The van der Waals surface area contributed by atoms with Gasteiger partial charge in [0.15, 0.2) is 5.69 Å². The number of carbonyl (C=O) groups is 1. The number of aromatic nitrogens is 1. The summed E-state index contributed by atoms with van der Waals surface area (Å²) in [6, 6.07) is 10.2. The smallest absolute Gasteiger partial charge is 0.356 e. The summed E-state index contributed by atoms with van der Waals surface area (Å²) in [7, 11) is 0. The van der Waals surface area contributed by atoms with Crippen molar-refractivity contribution in [2.45, 2.75) is 0 Å². The van der Waals surface area contributed by atoms with Crippen LogP contribution in [0.2, 0.25) is 5.02 Å². The molecule has 5 heteroatoms. The average Bonchev–Trinajstić information content (AvgIpc) is 2.29. The average molecular weight is 249 g/mol. The first-order valence-electron chi connectivity index (χ1n) is 4.83. The summed E-state index contributed by atoms with van der Waals surface area (Å²) in [6.45, 7) is 0. The molecule has 0 atom stereocenters. The van der Waals surface area contributed by atoms with Gasteiger partial charge in [-0.3, -0.25) is 0 Å². The van der Waals surface area contributed by atoms with Gasteiger partial charge in [0, 0.05) is 10.6 Å². The molecule has 2 rings (SSSR count). The second-order valence-corrected chi connectivity index (χ2v) is 3.89. The molecule has 0 bridgehead atoms. The van der Waals surface area contributed by atoms with E-state index in [4.69, 9.17) is 22.4 Å². The number of pyridine rings is 1. The number of halogens is 1. The highest BCUT2D eigenvalue weighted by Crippen LogP contribution is 2.23. The van der Waals surface area contributed by atoms with Gasteiger partial charge in [-0.05, 0) is 24.3 Å². The Balaban J connectivity index is 2.54. The van der Waals surface area contributed by atoms with E-state index >= 15 is 0 Å². The normalized spacial score (nSPS) is 10.2. The maximum absolute atomic E-state index is 10.9. The minimum atomic E-state index is -1.15. The highest BCUT2D eigenvalue weighted by molar-refractivity contribution is 6.30. The molecule has 0 aliphatic carbocycles. The van der Waals surface area contributed by atoms with Crippen LogP contribution in [-0.2, 0) is 0 Å². The van der Waals surface area contributed by atoms with Crippen molar-refractivity contribution in [1.29, 1.82) is 0 Å². The number of hydrogen-bond acceptors (Lipinski definition) is 3. The monoisotopic (exact) mass is 248 g/mol. The van der Waals surface area contributed by atoms with Crippen molar-refractivity contribution in [1.82, 2.24) is 4.98 Å². The first-order valence-corrected chi connectivity index (χ1v) is 5.21. The molecule has 0 saturated carbocycles. The van der Waals surface area contributed by atoms with E-state index in [2.05, 4.69) is 4.98 Å². The van der Waals surface area contributed by atoms with Gasteiger partial charge in [0.05, 0.1) is 11.4 Å². The number of hydrogen-bond donors (Lipinski definition) is 2. The quantitative estimate of drug-likeness (QED) is 0.857. The van der Waals surface area contributed by atoms with Gasteiger partial charge >= 0.3 is 5.97 Å². The van der Waals surface area contributed by atoms with E-state index in [9.17, 15) is 4.79 Å². The Morgan fingerprint density at radius 3 is 2.71 bits per heavy atom. The van der Waals surface area contributed by atoms with Crippen LogP contribution in [0.15, 0.2) is 36.4 Å². The van der Waals surface area contributed by atoms with Crippen molar-refractivity contribution in [3.63, 3.8) is 0 Å². The highest BCUT2D eigenvalue weighted by Gasteiger charge is 2.11. The van der Waals surface area contributed by atoms with Gasteiger partial charge < -0.3 is 10.8 Å². The first-order chi connectivity index (χ1) is 8.08. The maximum atomic E-state index is 10.9. The number of benzene rings is 1. The third-order valence-corrected chi connectivity index (χ3v) is 2.48. The minimum absolute atomic E-state index is 0.142. The lowest BCUT2D eigenvalue weighted by Gasteiger charge is -2.05. The second-order valence-electron chi connectivity index (χ2n) is 3.45. The molecule has 0 fully saturated rings. The molecule has 0 aliphatic rings. The summed E-state index contributed by atoms with van der Waals surface area (Å²) in [5.74, 6) is -1.15. The Morgan fingerprint density at radius 2 is 2.06 bits per heavy atom. The van der Waals surface area contributed by atoms with Crippen LogP contribution in [-0.4, -0.2) is 16.1 Å². The zero-order valence-electron chi connectivity index (χ0n) is 8.72. The van der Waals surface area contributed by atoms with Crippen LogP contribution in [0.5, 0.6) is 0 Å². The molecule has 0 saturated heterocycles. The SMILES string of the molecule is Nc1ccc(-c2cccc(Cl)c2)nc1C(=O)O. The van der Waals surface area contributed by atoms with E-state index in [0.29, 0.717) is 10.7 Å². The number of nitrogens with two attached hydrogens (primary N) is 1. The summed E-state index contributed by atoms with van der Waals surface area (Å²) in [5, 5.41) is 9.49. The fourth-order valence-electron chi connectivity index (χ4n) is 1.45. The molecule has 1 aromatic heterocycles. The third-order valence-electron chi connectivity index (χ3n) is 2.25. The molecular weight excluding hydrogens is 240 g/mol. The zero-order valence-corrected chi connectivity index (χ0v) is 9.48. The molecule has 1 heterocycles. The topological polar surface area (TPSA) is 76.2 Å². The molecule has 2 aromatic rings. The van der Waals surface area contributed by atoms with Gasteiger partial charge in [0.2, 0.25) is 0 Å². The standard InChI is InChI=1S/C12H9ClN2O2/c13-8-3-1-2-7(6-8)10-5-4-9(14)11(15-10)12(16)17/h1-6H,14H2,(H,16,17). The molecule has 0 unspecified atom stereocenters. The van der Waals surface area contributed by atoms with Gasteiger partial charge in [-0.15, -0.1) is 0 Å². The third kappa shape index (κ3) is 2.37. The van der Waals surface area contributed by atoms with Crippen LogP contribution in [0.25, 0.3) is 11.3 Å². The van der Waals surface area contributed by atoms with E-state index in [1.165, 1.54) is 6.07 Å². The van der Waals surface area contributed by atoms with Crippen LogP contribution in [0.4, 0.5) is 5.69 Å². The lowest BCUT2D eigenvalue weighted by Crippen LogP contribution is -2.06. The number of carboxylic acids is 1. The Hall–Kier alpha value is -2.07. The Bertz CT molecular complexity index is 584. The van der Waals surface area contributed by atoms with Crippen molar-refractivity contribution in [2.24, 2.45) is 0 Å². The largest absolute Gasteiger partial charge is 0.476 e. The van der Waals surface area contributed by atoms with Gasteiger partial charge in [0.25, 0.3) is 0 Å². The maximum Gasteiger partial charge on any atom is 0.356 e. The number of rotatable bonds is 2. The number of nitrogen functional groups attached to an aromatic ring is 1. The van der Waals surface area contributed by atoms with Crippen molar-refractivity contribution >= 4 is 23.3 Å². The van der Waals surface area contributed by atoms with E-state index in [0.717, 1.165) is 5.56 Å². The van der Waals surface area contributed by atoms with Gasteiger partial charge in [0.1, 0.15) is 0 Å². The van der Waals surface area contributed by atoms with Crippen molar-refractivity contribution in [3.8, 4) is 11.3 Å². The fraction of sp³-hybridized carbons (Fsp3) is 0. The lowest BCUT2D eigenvalue weighted by atomic mass is 10.1. The van der Waals surface area contributed by atoms with E-state index < -0.39 is 5.97 Å². The van der Waals surface area contributed by atoms with E-state index in [1.807, 2.05) is 0 Å². The predicted molar refractivity (Wildman–Crippen MR) is 66.1 cm³/mol. The van der Waals surface area contributed by atoms with Gasteiger partial charge in [-0.25, -0.2) is 9.78 Å². The first kappa shape index (κ1) is 11.4. The number of anilines is 1. The Labute approximate surface area is 103 Å². The van der Waals surface area contributed by atoms with Crippen LogP contribution >= 0.6 is 11.6 Å². The molecule has 4 nitrogen and oxygen atoms in total. The second kappa shape index (κ2) is 4.43. The molecule has 0 amide bonds. The molecular formula is C12H9ClN2O2. The molecule has 0 radical (unpaired) electrons. The molecule has 1 aromatic carbocycles. The van der Waals surface area contributed by atoms with Crippen LogP contribution in [0.1, 0.15) is 10.5 Å². The molecule has 3 N–H and O–H groups in total. The van der Waals surface area contributed by atoms with Gasteiger partial charge in [-0.1, -0.05) is 23.7 Å². The summed E-state index contributed by atoms with van der Waals surface area (Å²) < 4.78 is 0. The van der Waals surface area contributed by atoms with Crippen molar-refractivity contribution < 1.29 is 9.90 Å². The highest BCUT2D eigenvalue weighted by atomic mass is 35.5. The Morgan fingerprint density at radius 1 is 1.29 bits per heavy atom. The minimum Gasteiger partial charge on any atom is -0.476 e.